The molecular weight excluding hydrogens is 220 g/mol. The van der Waals surface area contributed by atoms with E-state index in [0.717, 1.165) is 24.4 Å². The summed E-state index contributed by atoms with van der Waals surface area (Å²) >= 11 is 0. The van der Waals surface area contributed by atoms with E-state index in [2.05, 4.69) is 4.90 Å². The second-order valence-corrected chi connectivity index (χ2v) is 5.49. The largest absolute Gasteiger partial charge is 0.371 e. The molecular formula is C12H16N2OS. The Hall–Kier alpha value is -1.16. The standard InChI is InChI=1S/C12H16N2OS/c1-16(15)12-4-2-11(3-5-12)14-7-6-10(8-13)9-14/h2-5,8,10,13H,6-7,9H2,1H3. The first kappa shape index (κ1) is 11.3. The Bertz CT molecular complexity index is 402. The van der Waals surface area contributed by atoms with E-state index in [-0.39, 0.29) is 0 Å². The minimum atomic E-state index is -0.902. The van der Waals surface area contributed by atoms with Crippen LogP contribution in [0.2, 0.25) is 0 Å². The van der Waals surface area contributed by atoms with Crippen LogP contribution in [0, 0.1) is 11.3 Å². The zero-order valence-electron chi connectivity index (χ0n) is 9.35. The molecule has 0 aromatic heterocycles. The van der Waals surface area contributed by atoms with E-state index in [4.69, 9.17) is 5.41 Å². The Morgan fingerprint density at radius 2 is 2.12 bits per heavy atom. The van der Waals surface area contributed by atoms with E-state index in [0.29, 0.717) is 5.92 Å². The number of hydrogen-bond acceptors (Lipinski definition) is 3. The van der Waals surface area contributed by atoms with E-state index in [1.165, 1.54) is 11.9 Å². The molecule has 2 unspecified atom stereocenters. The Labute approximate surface area is 98.4 Å². The number of hydrogen-bond donors (Lipinski definition) is 1. The van der Waals surface area contributed by atoms with Crippen molar-refractivity contribution < 1.29 is 4.21 Å². The molecule has 1 aromatic carbocycles. The average molecular weight is 236 g/mol. The molecule has 1 aliphatic rings. The number of benzene rings is 1. The van der Waals surface area contributed by atoms with Gasteiger partial charge in [0, 0.05) is 52.9 Å². The lowest BCUT2D eigenvalue weighted by atomic mass is 10.1. The van der Waals surface area contributed by atoms with Gasteiger partial charge < -0.3 is 10.3 Å². The SMILES string of the molecule is CS(=O)c1ccc(N2CCC(C=N)C2)cc1. The van der Waals surface area contributed by atoms with E-state index >= 15 is 0 Å². The van der Waals surface area contributed by atoms with Crippen molar-refractivity contribution in [3.05, 3.63) is 24.3 Å². The number of rotatable bonds is 3. The normalized spacial score (nSPS) is 22.1. The lowest BCUT2D eigenvalue weighted by molar-refractivity contribution is 0.687. The first-order valence-corrected chi connectivity index (χ1v) is 6.95. The molecule has 1 saturated heterocycles. The highest BCUT2D eigenvalue weighted by atomic mass is 32.2. The molecule has 4 heteroatoms. The fourth-order valence-corrected chi connectivity index (χ4v) is 2.53. The van der Waals surface area contributed by atoms with E-state index < -0.39 is 10.8 Å². The van der Waals surface area contributed by atoms with Gasteiger partial charge in [0.25, 0.3) is 0 Å². The summed E-state index contributed by atoms with van der Waals surface area (Å²) < 4.78 is 11.2. The third-order valence-corrected chi connectivity index (χ3v) is 3.93. The summed E-state index contributed by atoms with van der Waals surface area (Å²) in [5.41, 5.74) is 1.17. The van der Waals surface area contributed by atoms with Gasteiger partial charge in [0.15, 0.2) is 0 Å². The highest BCUT2D eigenvalue weighted by molar-refractivity contribution is 7.84. The maximum absolute atomic E-state index is 11.2. The Morgan fingerprint density at radius 3 is 2.62 bits per heavy atom. The highest BCUT2D eigenvalue weighted by Gasteiger charge is 2.20. The van der Waals surface area contributed by atoms with Gasteiger partial charge in [-0.2, -0.15) is 0 Å². The van der Waals surface area contributed by atoms with Crippen molar-refractivity contribution >= 4 is 22.7 Å². The average Bonchev–Trinajstić information content (AvgIpc) is 2.77. The summed E-state index contributed by atoms with van der Waals surface area (Å²) in [6.45, 7) is 1.94. The summed E-state index contributed by atoms with van der Waals surface area (Å²) in [6.07, 6.45) is 4.29. The molecule has 1 aromatic rings. The van der Waals surface area contributed by atoms with E-state index in [1.807, 2.05) is 24.3 Å². The van der Waals surface area contributed by atoms with Gasteiger partial charge >= 0.3 is 0 Å². The molecule has 86 valence electrons. The number of anilines is 1. The van der Waals surface area contributed by atoms with Crippen molar-refractivity contribution in [2.45, 2.75) is 11.3 Å². The zero-order chi connectivity index (χ0) is 11.5. The quantitative estimate of drug-likeness (QED) is 0.815. The molecule has 3 nitrogen and oxygen atoms in total. The third-order valence-electron chi connectivity index (χ3n) is 2.99. The first-order valence-electron chi connectivity index (χ1n) is 5.39. The minimum absolute atomic E-state index is 0.389. The zero-order valence-corrected chi connectivity index (χ0v) is 10.2. The molecule has 0 amide bonds. The molecule has 2 rings (SSSR count). The van der Waals surface area contributed by atoms with Crippen LogP contribution < -0.4 is 4.90 Å². The summed E-state index contributed by atoms with van der Waals surface area (Å²) in [6, 6.07) is 7.87. The van der Waals surface area contributed by atoms with Gasteiger partial charge in [0.1, 0.15) is 0 Å². The molecule has 0 saturated carbocycles. The fourth-order valence-electron chi connectivity index (χ4n) is 2.01. The topological polar surface area (TPSA) is 44.2 Å². The lowest BCUT2D eigenvalue weighted by Crippen LogP contribution is -2.19. The predicted octanol–water partition coefficient (Wildman–Crippen LogP) is 1.90. The first-order chi connectivity index (χ1) is 7.70. The molecule has 0 spiro atoms. The van der Waals surface area contributed by atoms with Crippen molar-refractivity contribution in [3.8, 4) is 0 Å². The smallest absolute Gasteiger partial charge is 0.0498 e. The molecule has 1 fully saturated rings. The lowest BCUT2D eigenvalue weighted by Gasteiger charge is -2.18. The molecule has 16 heavy (non-hydrogen) atoms. The Morgan fingerprint density at radius 1 is 1.44 bits per heavy atom. The van der Waals surface area contributed by atoms with Crippen molar-refractivity contribution in [1.82, 2.24) is 0 Å². The number of nitrogens with zero attached hydrogens (tertiary/aromatic N) is 1. The van der Waals surface area contributed by atoms with Crippen molar-refractivity contribution in [2.24, 2.45) is 5.92 Å². The maximum Gasteiger partial charge on any atom is 0.0498 e. The van der Waals surface area contributed by atoms with Gasteiger partial charge in [-0.15, -0.1) is 0 Å². The van der Waals surface area contributed by atoms with Crippen LogP contribution in [0.25, 0.3) is 0 Å². The van der Waals surface area contributed by atoms with Gasteiger partial charge in [0.05, 0.1) is 0 Å². The summed E-state index contributed by atoms with van der Waals surface area (Å²) in [5, 5.41) is 7.25. The molecule has 1 N–H and O–H groups in total. The van der Waals surface area contributed by atoms with Crippen LogP contribution in [0.15, 0.2) is 29.2 Å². The summed E-state index contributed by atoms with van der Waals surface area (Å²) in [7, 11) is -0.902. The van der Waals surface area contributed by atoms with E-state index in [1.54, 1.807) is 6.26 Å². The molecule has 1 heterocycles. The van der Waals surface area contributed by atoms with Crippen LogP contribution in [0.1, 0.15) is 6.42 Å². The van der Waals surface area contributed by atoms with Gasteiger partial charge in [-0.05, 0) is 30.7 Å². The summed E-state index contributed by atoms with van der Waals surface area (Å²) in [4.78, 5) is 3.14. The third kappa shape index (κ3) is 2.32. The van der Waals surface area contributed by atoms with Crippen LogP contribution in [0.4, 0.5) is 5.69 Å². The van der Waals surface area contributed by atoms with Gasteiger partial charge in [-0.25, -0.2) is 0 Å². The molecule has 2 atom stereocenters. The van der Waals surface area contributed by atoms with Crippen LogP contribution >= 0.6 is 0 Å². The molecule has 0 aliphatic carbocycles. The van der Waals surface area contributed by atoms with Crippen LogP contribution in [0.5, 0.6) is 0 Å². The van der Waals surface area contributed by atoms with Gasteiger partial charge in [0.2, 0.25) is 0 Å². The van der Waals surface area contributed by atoms with Crippen molar-refractivity contribution in [3.63, 3.8) is 0 Å². The number of nitrogens with one attached hydrogen (secondary N) is 1. The molecule has 0 bridgehead atoms. The maximum atomic E-state index is 11.2. The van der Waals surface area contributed by atoms with Gasteiger partial charge in [-0.3, -0.25) is 4.21 Å². The second-order valence-electron chi connectivity index (χ2n) is 4.11. The summed E-state index contributed by atoms with van der Waals surface area (Å²) in [5.74, 6) is 0.389. The van der Waals surface area contributed by atoms with Crippen LogP contribution in [-0.4, -0.2) is 29.8 Å². The van der Waals surface area contributed by atoms with E-state index in [9.17, 15) is 4.21 Å². The Kier molecular flexibility index (Phi) is 3.39. The fraction of sp³-hybridized carbons (Fsp3) is 0.417. The van der Waals surface area contributed by atoms with Crippen LogP contribution in [-0.2, 0) is 10.8 Å². The van der Waals surface area contributed by atoms with Crippen molar-refractivity contribution in [2.75, 3.05) is 24.2 Å². The van der Waals surface area contributed by atoms with Crippen molar-refractivity contribution in [1.29, 1.82) is 5.41 Å². The molecule has 0 radical (unpaired) electrons. The highest BCUT2D eigenvalue weighted by Crippen LogP contribution is 2.23. The monoisotopic (exact) mass is 236 g/mol. The minimum Gasteiger partial charge on any atom is -0.371 e. The Balaban J connectivity index is 2.10. The van der Waals surface area contributed by atoms with Gasteiger partial charge in [-0.1, -0.05) is 0 Å². The predicted molar refractivity (Wildman–Crippen MR) is 67.9 cm³/mol. The second kappa shape index (κ2) is 4.78. The van der Waals surface area contributed by atoms with Crippen LogP contribution in [0.3, 0.4) is 0 Å². The molecule has 1 aliphatic heterocycles.